The number of carbonyl (C=O) groups excluding carboxylic acids is 3. The number of aromatic nitrogens is 1. The molecule has 2 rings (SSSR count). The molecule has 1 heterocycles. The lowest BCUT2D eigenvalue weighted by Gasteiger charge is -2.17. The van der Waals surface area contributed by atoms with Gasteiger partial charge in [0.1, 0.15) is 24.6 Å². The molecule has 0 unspecified atom stereocenters. The third-order valence-electron chi connectivity index (χ3n) is 4.05. The van der Waals surface area contributed by atoms with Crippen molar-refractivity contribution >= 4 is 29.9 Å². The summed E-state index contributed by atoms with van der Waals surface area (Å²) in [6.45, 7) is 7.18. The van der Waals surface area contributed by atoms with Crippen LogP contribution in [0.5, 0.6) is 0 Å². The van der Waals surface area contributed by atoms with Gasteiger partial charge >= 0.3 is 12.1 Å². The molecule has 170 valence electrons. The fourth-order valence-electron chi connectivity index (χ4n) is 2.60. The Morgan fingerprint density at radius 3 is 2.50 bits per heavy atom. The molecule has 0 aliphatic heterocycles. The summed E-state index contributed by atoms with van der Waals surface area (Å²) in [5.74, 6) is -0.481. The lowest BCUT2D eigenvalue weighted by Crippen LogP contribution is -2.33. The second kappa shape index (κ2) is 11.6. The molecular formula is C24H29N3O5. The molecule has 2 aromatic rings. The van der Waals surface area contributed by atoms with Gasteiger partial charge in [0.15, 0.2) is 0 Å². The van der Waals surface area contributed by atoms with Crippen molar-refractivity contribution in [1.82, 2.24) is 10.3 Å². The van der Waals surface area contributed by atoms with Crippen molar-refractivity contribution in [2.75, 3.05) is 11.9 Å². The van der Waals surface area contributed by atoms with Gasteiger partial charge in [-0.05, 0) is 56.0 Å². The van der Waals surface area contributed by atoms with Crippen LogP contribution in [0.4, 0.5) is 10.6 Å². The Balaban J connectivity index is 1.86. The van der Waals surface area contributed by atoms with Crippen LogP contribution in [0, 0.1) is 0 Å². The molecule has 0 atom stereocenters. The van der Waals surface area contributed by atoms with E-state index in [2.05, 4.69) is 15.6 Å². The Hall–Kier alpha value is -3.68. The smallest absolute Gasteiger partial charge is 0.407 e. The van der Waals surface area contributed by atoms with Crippen LogP contribution in [0.15, 0.2) is 48.7 Å². The van der Waals surface area contributed by atoms with Crippen LogP contribution in [-0.4, -0.2) is 35.1 Å². The second-order valence-electron chi connectivity index (χ2n) is 7.96. The molecule has 0 bridgehead atoms. The SMILES string of the molecule is CCc1cc(/C=C/C(=O)OC(C)(C)C)cnc1NC(=O)CNC(=O)OCc1ccccc1. The zero-order chi connectivity index (χ0) is 23.6. The van der Waals surface area contributed by atoms with Crippen LogP contribution in [0.2, 0.25) is 0 Å². The van der Waals surface area contributed by atoms with Gasteiger partial charge < -0.3 is 20.1 Å². The molecule has 1 aromatic heterocycles. The van der Waals surface area contributed by atoms with Gasteiger partial charge in [-0.1, -0.05) is 37.3 Å². The number of nitrogens with zero attached hydrogens (tertiary/aromatic N) is 1. The summed E-state index contributed by atoms with van der Waals surface area (Å²) in [5.41, 5.74) is 1.78. The van der Waals surface area contributed by atoms with Gasteiger partial charge in [-0.25, -0.2) is 14.6 Å². The largest absolute Gasteiger partial charge is 0.457 e. The van der Waals surface area contributed by atoms with E-state index in [4.69, 9.17) is 9.47 Å². The standard InChI is InChI=1S/C24H29N3O5/c1-5-19-13-18(11-12-21(29)32-24(2,3)4)14-25-22(19)27-20(28)15-26-23(30)31-16-17-9-7-6-8-10-17/h6-14H,5,15-16H2,1-4H3,(H,26,30)(H,25,27,28)/b12-11+. The summed E-state index contributed by atoms with van der Waals surface area (Å²) in [7, 11) is 0. The number of amides is 2. The van der Waals surface area contributed by atoms with Gasteiger partial charge in [-0.3, -0.25) is 4.79 Å². The molecule has 0 aliphatic carbocycles. The first-order valence-corrected chi connectivity index (χ1v) is 10.3. The molecule has 0 spiro atoms. The number of carbonyl (C=O) groups is 3. The van der Waals surface area contributed by atoms with Gasteiger partial charge in [0.05, 0.1) is 0 Å². The predicted octanol–water partition coefficient (Wildman–Crippen LogP) is 3.86. The molecule has 0 aliphatic rings. The molecule has 0 saturated carbocycles. The van der Waals surface area contributed by atoms with Crippen LogP contribution < -0.4 is 10.6 Å². The molecule has 0 saturated heterocycles. The number of alkyl carbamates (subject to hydrolysis) is 1. The van der Waals surface area contributed by atoms with Crippen molar-refractivity contribution in [3.05, 3.63) is 65.4 Å². The van der Waals surface area contributed by atoms with Crippen LogP contribution in [0.1, 0.15) is 44.4 Å². The zero-order valence-electron chi connectivity index (χ0n) is 18.8. The predicted molar refractivity (Wildman–Crippen MR) is 122 cm³/mol. The molecule has 1 aromatic carbocycles. The molecule has 8 heteroatoms. The third kappa shape index (κ3) is 8.99. The van der Waals surface area contributed by atoms with E-state index in [0.29, 0.717) is 17.8 Å². The van der Waals surface area contributed by atoms with Crippen molar-refractivity contribution in [2.45, 2.75) is 46.3 Å². The average molecular weight is 440 g/mol. The number of ether oxygens (including phenoxy) is 2. The van der Waals surface area contributed by atoms with Crippen LogP contribution in [0.3, 0.4) is 0 Å². The van der Waals surface area contributed by atoms with Crippen molar-refractivity contribution in [3.63, 3.8) is 0 Å². The maximum atomic E-state index is 12.2. The van der Waals surface area contributed by atoms with Crippen molar-refractivity contribution < 1.29 is 23.9 Å². The number of pyridine rings is 1. The molecule has 8 nitrogen and oxygen atoms in total. The summed E-state index contributed by atoms with van der Waals surface area (Å²) in [5, 5.41) is 5.09. The Morgan fingerprint density at radius 1 is 1.12 bits per heavy atom. The minimum atomic E-state index is -0.685. The highest BCUT2D eigenvalue weighted by Crippen LogP contribution is 2.16. The van der Waals surface area contributed by atoms with Gasteiger partial charge in [-0.15, -0.1) is 0 Å². The molecule has 2 amide bonds. The number of hydrogen-bond acceptors (Lipinski definition) is 6. The first-order chi connectivity index (χ1) is 15.2. The van der Waals surface area contributed by atoms with E-state index in [9.17, 15) is 14.4 Å². The monoisotopic (exact) mass is 439 g/mol. The van der Waals surface area contributed by atoms with E-state index in [0.717, 1.165) is 11.1 Å². The van der Waals surface area contributed by atoms with Gasteiger partial charge in [0, 0.05) is 12.3 Å². The van der Waals surface area contributed by atoms with Gasteiger partial charge in [0.2, 0.25) is 5.91 Å². The van der Waals surface area contributed by atoms with E-state index in [1.165, 1.54) is 12.3 Å². The van der Waals surface area contributed by atoms with Gasteiger partial charge in [-0.2, -0.15) is 0 Å². The number of benzene rings is 1. The maximum absolute atomic E-state index is 12.2. The Kier molecular flexibility index (Phi) is 8.95. The fraction of sp³-hybridized carbons (Fsp3) is 0.333. The number of hydrogen-bond donors (Lipinski definition) is 2. The highest BCUT2D eigenvalue weighted by Gasteiger charge is 2.14. The molecule has 0 fully saturated rings. The highest BCUT2D eigenvalue weighted by atomic mass is 16.6. The van der Waals surface area contributed by atoms with Crippen molar-refractivity contribution in [3.8, 4) is 0 Å². The first-order valence-electron chi connectivity index (χ1n) is 10.3. The lowest BCUT2D eigenvalue weighted by atomic mass is 10.1. The average Bonchev–Trinajstić information content (AvgIpc) is 2.75. The number of aryl methyl sites for hydroxylation is 1. The zero-order valence-corrected chi connectivity index (χ0v) is 18.8. The van der Waals surface area contributed by atoms with E-state index < -0.39 is 23.6 Å². The van der Waals surface area contributed by atoms with Crippen molar-refractivity contribution in [2.24, 2.45) is 0 Å². The number of anilines is 1. The first kappa shape index (κ1) is 24.6. The summed E-state index contributed by atoms with van der Waals surface area (Å²) in [4.78, 5) is 40.1. The Morgan fingerprint density at radius 2 is 1.84 bits per heavy atom. The fourth-order valence-corrected chi connectivity index (χ4v) is 2.60. The molecule has 2 N–H and O–H groups in total. The van der Waals surface area contributed by atoms with Crippen LogP contribution in [-0.2, 0) is 32.1 Å². The molecule has 32 heavy (non-hydrogen) atoms. The normalized spacial score (nSPS) is 11.1. The Bertz CT molecular complexity index is 965. The lowest BCUT2D eigenvalue weighted by molar-refractivity contribution is -0.148. The number of nitrogens with one attached hydrogen (secondary N) is 2. The summed E-state index contributed by atoms with van der Waals surface area (Å²) < 4.78 is 10.3. The highest BCUT2D eigenvalue weighted by molar-refractivity contribution is 5.93. The summed E-state index contributed by atoms with van der Waals surface area (Å²) in [6, 6.07) is 11.1. The maximum Gasteiger partial charge on any atom is 0.407 e. The van der Waals surface area contributed by atoms with E-state index in [1.807, 2.05) is 43.3 Å². The van der Waals surface area contributed by atoms with Crippen LogP contribution in [0.25, 0.3) is 6.08 Å². The minimum absolute atomic E-state index is 0.119. The third-order valence-corrected chi connectivity index (χ3v) is 4.05. The second-order valence-corrected chi connectivity index (χ2v) is 7.96. The van der Waals surface area contributed by atoms with E-state index >= 15 is 0 Å². The van der Waals surface area contributed by atoms with Gasteiger partial charge in [0.25, 0.3) is 0 Å². The number of rotatable bonds is 8. The van der Waals surface area contributed by atoms with Crippen molar-refractivity contribution in [1.29, 1.82) is 0 Å². The Labute approximate surface area is 188 Å². The molecule has 0 radical (unpaired) electrons. The van der Waals surface area contributed by atoms with E-state index in [1.54, 1.807) is 26.8 Å². The molecular weight excluding hydrogens is 410 g/mol. The topological polar surface area (TPSA) is 107 Å². The minimum Gasteiger partial charge on any atom is -0.457 e. The summed E-state index contributed by atoms with van der Waals surface area (Å²) in [6.07, 6.45) is 4.41. The van der Waals surface area contributed by atoms with E-state index in [-0.39, 0.29) is 13.2 Å². The number of esters is 1. The van der Waals surface area contributed by atoms with Crippen LogP contribution >= 0.6 is 0 Å². The quantitative estimate of drug-likeness (QED) is 0.478. The summed E-state index contributed by atoms with van der Waals surface area (Å²) >= 11 is 0.